The Hall–Kier alpha value is -3.12. The molecule has 0 bridgehead atoms. The molecule has 1 aliphatic heterocycles. The highest BCUT2D eigenvalue weighted by Crippen LogP contribution is 2.34. The fraction of sp³-hybridized carbons (Fsp3) is 0.273. The number of anilines is 1. The van der Waals surface area contributed by atoms with Crippen molar-refractivity contribution in [3.63, 3.8) is 0 Å². The molecule has 0 aliphatic carbocycles. The molecular formula is C22H23N3O3. The first-order valence-electron chi connectivity index (χ1n) is 9.43. The Bertz CT molecular complexity index is 1030. The van der Waals surface area contributed by atoms with Crippen LogP contribution in [-0.2, 0) is 11.2 Å². The van der Waals surface area contributed by atoms with Crippen LogP contribution in [0.3, 0.4) is 0 Å². The van der Waals surface area contributed by atoms with Gasteiger partial charge in [0.15, 0.2) is 0 Å². The van der Waals surface area contributed by atoms with Gasteiger partial charge in [-0.15, -0.1) is 0 Å². The Labute approximate surface area is 163 Å². The van der Waals surface area contributed by atoms with Gasteiger partial charge >= 0.3 is 6.09 Å². The number of carbonyl (C=O) groups is 1. The van der Waals surface area contributed by atoms with Crippen LogP contribution in [0.25, 0.3) is 10.9 Å². The number of ether oxygens (including phenoxy) is 2. The Morgan fingerprint density at radius 1 is 1.21 bits per heavy atom. The van der Waals surface area contributed by atoms with Crippen LogP contribution in [0.5, 0.6) is 11.5 Å². The first-order valence-corrected chi connectivity index (χ1v) is 9.43. The lowest BCUT2D eigenvalue weighted by atomic mass is 10.1. The van der Waals surface area contributed by atoms with E-state index >= 15 is 0 Å². The molecule has 1 saturated heterocycles. The number of carbonyl (C=O) groups excluding carboxylic acids is 1. The van der Waals surface area contributed by atoms with E-state index in [4.69, 9.17) is 15.2 Å². The highest BCUT2D eigenvalue weighted by molar-refractivity contribution is 5.95. The minimum absolute atomic E-state index is 0.285. The number of amides is 1. The molecule has 1 atom stereocenters. The number of aromatic nitrogens is 1. The van der Waals surface area contributed by atoms with Crippen molar-refractivity contribution in [2.24, 2.45) is 5.73 Å². The maximum atomic E-state index is 12.2. The number of benzene rings is 2. The summed E-state index contributed by atoms with van der Waals surface area (Å²) < 4.78 is 11.5. The molecule has 28 heavy (non-hydrogen) atoms. The van der Waals surface area contributed by atoms with Crippen molar-refractivity contribution in [3.8, 4) is 11.5 Å². The van der Waals surface area contributed by atoms with Crippen molar-refractivity contribution in [1.29, 1.82) is 0 Å². The van der Waals surface area contributed by atoms with E-state index in [0.717, 1.165) is 34.3 Å². The average Bonchev–Trinajstić information content (AvgIpc) is 3.10. The van der Waals surface area contributed by atoms with Crippen molar-refractivity contribution < 1.29 is 14.3 Å². The van der Waals surface area contributed by atoms with Gasteiger partial charge in [0.05, 0.1) is 12.1 Å². The molecule has 1 aromatic heterocycles. The summed E-state index contributed by atoms with van der Waals surface area (Å²) >= 11 is 0. The Morgan fingerprint density at radius 2 is 2.07 bits per heavy atom. The zero-order chi connectivity index (χ0) is 19.7. The highest BCUT2D eigenvalue weighted by Gasteiger charge is 2.31. The van der Waals surface area contributed by atoms with Gasteiger partial charge in [-0.1, -0.05) is 19.1 Å². The van der Waals surface area contributed by atoms with E-state index in [1.54, 1.807) is 11.1 Å². The van der Waals surface area contributed by atoms with Crippen molar-refractivity contribution in [1.82, 2.24) is 4.98 Å². The number of cyclic esters (lactones) is 1. The van der Waals surface area contributed by atoms with Crippen molar-refractivity contribution in [2.75, 3.05) is 18.0 Å². The molecule has 1 fully saturated rings. The number of nitrogens with zero attached hydrogens (tertiary/aromatic N) is 2. The van der Waals surface area contributed by atoms with E-state index in [1.165, 1.54) is 5.56 Å². The van der Waals surface area contributed by atoms with Crippen LogP contribution in [-0.4, -0.2) is 30.3 Å². The normalized spacial score (nSPS) is 16.5. The Morgan fingerprint density at radius 3 is 2.79 bits per heavy atom. The van der Waals surface area contributed by atoms with Crippen LogP contribution >= 0.6 is 0 Å². The third kappa shape index (κ3) is 3.39. The van der Waals surface area contributed by atoms with Gasteiger partial charge in [-0.25, -0.2) is 4.79 Å². The second kappa shape index (κ2) is 7.48. The van der Waals surface area contributed by atoms with Gasteiger partial charge in [0.25, 0.3) is 0 Å². The van der Waals surface area contributed by atoms with Gasteiger partial charge in [-0.2, -0.15) is 0 Å². The quantitative estimate of drug-likeness (QED) is 0.722. The monoisotopic (exact) mass is 377 g/mol. The molecule has 6 heteroatoms. The first kappa shape index (κ1) is 18.3. The van der Waals surface area contributed by atoms with Crippen molar-refractivity contribution in [3.05, 3.63) is 59.8 Å². The highest BCUT2D eigenvalue weighted by atomic mass is 16.6. The number of aryl methyl sites for hydroxylation is 2. The smallest absolute Gasteiger partial charge is 0.414 e. The Kier molecular flexibility index (Phi) is 4.88. The maximum absolute atomic E-state index is 12.2. The molecule has 0 radical (unpaired) electrons. The van der Waals surface area contributed by atoms with E-state index in [-0.39, 0.29) is 12.2 Å². The number of hydrogen-bond acceptors (Lipinski definition) is 5. The van der Waals surface area contributed by atoms with E-state index in [2.05, 4.69) is 24.0 Å². The van der Waals surface area contributed by atoms with Gasteiger partial charge in [-0.3, -0.25) is 9.88 Å². The SMILES string of the molecule is CCc1ccc(Oc2ccnc3ccc(N4CC(CN)OC4=O)cc23)c(C)c1. The number of rotatable bonds is 5. The van der Waals surface area contributed by atoms with Crippen molar-refractivity contribution >= 4 is 22.7 Å². The molecule has 1 amide bonds. The largest absolute Gasteiger partial charge is 0.456 e. The topological polar surface area (TPSA) is 77.7 Å². The van der Waals surface area contributed by atoms with Crippen LogP contribution in [0.2, 0.25) is 0 Å². The van der Waals surface area contributed by atoms with E-state index in [0.29, 0.717) is 18.8 Å². The van der Waals surface area contributed by atoms with Crippen LogP contribution in [0.4, 0.5) is 10.5 Å². The molecule has 1 aliphatic rings. The lowest BCUT2D eigenvalue weighted by Crippen LogP contribution is -2.27. The minimum atomic E-state index is -0.382. The summed E-state index contributed by atoms with van der Waals surface area (Å²) in [5.74, 6) is 1.50. The predicted octanol–water partition coefficient (Wildman–Crippen LogP) is 4.18. The fourth-order valence-electron chi connectivity index (χ4n) is 3.39. The Balaban J connectivity index is 1.70. The second-order valence-electron chi connectivity index (χ2n) is 6.92. The summed E-state index contributed by atoms with van der Waals surface area (Å²) in [6.07, 6.45) is 2.04. The molecule has 2 N–H and O–H groups in total. The summed E-state index contributed by atoms with van der Waals surface area (Å²) in [5.41, 5.74) is 9.53. The van der Waals surface area contributed by atoms with Crippen LogP contribution in [0.1, 0.15) is 18.1 Å². The first-order chi connectivity index (χ1) is 13.6. The summed E-state index contributed by atoms with van der Waals surface area (Å²) in [5, 5.41) is 0.836. The standard InChI is InChI=1S/C22H23N3O3/c1-3-15-4-7-20(14(2)10-15)28-21-8-9-24-19-6-5-16(11-18(19)21)25-13-17(12-23)27-22(25)26/h4-11,17H,3,12-13,23H2,1-2H3. The molecule has 4 rings (SSSR count). The number of fused-ring (bicyclic) bond motifs is 1. The third-order valence-electron chi connectivity index (χ3n) is 5.00. The summed E-state index contributed by atoms with van der Waals surface area (Å²) in [6.45, 7) is 4.91. The number of hydrogen-bond donors (Lipinski definition) is 1. The van der Waals surface area contributed by atoms with E-state index < -0.39 is 0 Å². The fourth-order valence-corrected chi connectivity index (χ4v) is 3.39. The summed E-state index contributed by atoms with van der Waals surface area (Å²) in [7, 11) is 0. The summed E-state index contributed by atoms with van der Waals surface area (Å²) in [6, 6.07) is 13.7. The number of pyridine rings is 1. The molecular weight excluding hydrogens is 354 g/mol. The van der Waals surface area contributed by atoms with Gasteiger partial charge < -0.3 is 15.2 Å². The molecule has 0 saturated carbocycles. The third-order valence-corrected chi connectivity index (χ3v) is 5.00. The van der Waals surface area contributed by atoms with Gasteiger partial charge in [0.1, 0.15) is 17.6 Å². The molecule has 0 spiro atoms. The van der Waals surface area contributed by atoms with Gasteiger partial charge in [0, 0.05) is 23.8 Å². The van der Waals surface area contributed by atoms with Gasteiger partial charge in [-0.05, 0) is 54.8 Å². The number of nitrogens with two attached hydrogens (primary N) is 1. The van der Waals surface area contributed by atoms with E-state index in [1.807, 2.05) is 37.3 Å². The molecule has 144 valence electrons. The molecule has 1 unspecified atom stereocenters. The molecule has 3 aromatic rings. The second-order valence-corrected chi connectivity index (χ2v) is 6.92. The zero-order valence-electron chi connectivity index (χ0n) is 16.0. The average molecular weight is 377 g/mol. The molecule has 6 nitrogen and oxygen atoms in total. The van der Waals surface area contributed by atoms with Crippen LogP contribution < -0.4 is 15.4 Å². The summed E-state index contributed by atoms with van der Waals surface area (Å²) in [4.78, 5) is 18.2. The van der Waals surface area contributed by atoms with Crippen LogP contribution in [0.15, 0.2) is 48.7 Å². The zero-order valence-corrected chi connectivity index (χ0v) is 16.0. The molecule has 2 heterocycles. The van der Waals surface area contributed by atoms with E-state index in [9.17, 15) is 4.79 Å². The van der Waals surface area contributed by atoms with Crippen LogP contribution in [0, 0.1) is 6.92 Å². The molecule has 2 aromatic carbocycles. The maximum Gasteiger partial charge on any atom is 0.414 e. The van der Waals surface area contributed by atoms with Crippen molar-refractivity contribution in [2.45, 2.75) is 26.4 Å². The minimum Gasteiger partial charge on any atom is -0.456 e. The lowest BCUT2D eigenvalue weighted by molar-refractivity contribution is 0.145. The van der Waals surface area contributed by atoms with Gasteiger partial charge in [0.2, 0.25) is 0 Å². The predicted molar refractivity (Wildman–Crippen MR) is 109 cm³/mol. The lowest BCUT2D eigenvalue weighted by Gasteiger charge is -2.16.